The van der Waals surface area contributed by atoms with Crippen molar-refractivity contribution < 1.29 is 23.1 Å². The Bertz CT molecular complexity index is 1080. The van der Waals surface area contributed by atoms with Gasteiger partial charge in [-0.2, -0.15) is 0 Å². The van der Waals surface area contributed by atoms with Crippen molar-refractivity contribution in [2.24, 2.45) is 0 Å². The van der Waals surface area contributed by atoms with E-state index in [4.69, 9.17) is 0 Å². The maximum absolute atomic E-state index is 12.8. The number of ether oxygens (including phenoxy) is 1. The Morgan fingerprint density at radius 2 is 1.78 bits per heavy atom. The summed E-state index contributed by atoms with van der Waals surface area (Å²) < 4.78 is 30.1. The van der Waals surface area contributed by atoms with Gasteiger partial charge in [-0.15, -0.1) is 0 Å². The van der Waals surface area contributed by atoms with Gasteiger partial charge < -0.3 is 9.84 Å². The topological polar surface area (TPSA) is 93.6 Å². The molecule has 1 heterocycles. The number of esters is 1. The lowest BCUT2D eigenvalue weighted by Crippen LogP contribution is -2.06. The first-order chi connectivity index (χ1) is 12.9. The minimum absolute atomic E-state index is 0.0154. The van der Waals surface area contributed by atoms with Crippen molar-refractivity contribution in [3.63, 3.8) is 0 Å². The molecule has 138 valence electrons. The van der Waals surface area contributed by atoms with E-state index >= 15 is 0 Å². The van der Waals surface area contributed by atoms with Crippen molar-refractivity contribution in [3.05, 3.63) is 78.1 Å². The van der Waals surface area contributed by atoms with Crippen LogP contribution in [0.2, 0.25) is 0 Å². The summed E-state index contributed by atoms with van der Waals surface area (Å²) in [7, 11) is -2.44. The second-order valence-electron chi connectivity index (χ2n) is 5.87. The molecule has 0 fully saturated rings. The van der Waals surface area contributed by atoms with Gasteiger partial charge in [-0.1, -0.05) is 18.2 Å². The third-order valence-electron chi connectivity index (χ3n) is 4.03. The number of hydrogen-bond acceptors (Lipinski definition) is 6. The maximum Gasteiger partial charge on any atom is 0.341 e. The molecule has 0 aliphatic rings. The van der Waals surface area contributed by atoms with Crippen LogP contribution in [0.5, 0.6) is 5.75 Å². The number of methoxy groups -OCH3 is 1. The van der Waals surface area contributed by atoms with Crippen LogP contribution in [0.4, 0.5) is 0 Å². The lowest BCUT2D eigenvalue weighted by Gasteiger charge is -2.09. The largest absolute Gasteiger partial charge is 0.507 e. The quantitative estimate of drug-likeness (QED) is 0.680. The summed E-state index contributed by atoms with van der Waals surface area (Å²) >= 11 is 0. The van der Waals surface area contributed by atoms with Crippen LogP contribution in [0.15, 0.2) is 71.9 Å². The highest BCUT2D eigenvalue weighted by atomic mass is 32.2. The number of pyridine rings is 1. The smallest absolute Gasteiger partial charge is 0.341 e. The van der Waals surface area contributed by atoms with Crippen molar-refractivity contribution in [2.75, 3.05) is 7.11 Å². The zero-order valence-corrected chi connectivity index (χ0v) is 15.3. The molecular formula is C20H17NO5S. The van der Waals surface area contributed by atoms with Gasteiger partial charge in [0, 0.05) is 12.4 Å². The maximum atomic E-state index is 12.8. The van der Waals surface area contributed by atoms with Gasteiger partial charge in [0.15, 0.2) is 9.84 Å². The molecule has 0 atom stereocenters. The monoisotopic (exact) mass is 383 g/mol. The zero-order valence-electron chi connectivity index (χ0n) is 14.5. The number of phenols is 1. The van der Waals surface area contributed by atoms with E-state index in [2.05, 4.69) is 9.72 Å². The van der Waals surface area contributed by atoms with Gasteiger partial charge in [0.2, 0.25) is 0 Å². The lowest BCUT2D eigenvalue weighted by atomic mass is 10.1. The van der Waals surface area contributed by atoms with Crippen LogP contribution in [0, 0.1) is 0 Å². The Kier molecular flexibility index (Phi) is 5.23. The number of aromatic nitrogens is 1. The number of nitrogens with zero attached hydrogens (tertiary/aromatic N) is 1. The Balaban J connectivity index is 1.89. The number of benzene rings is 2. The highest BCUT2D eigenvalue weighted by Gasteiger charge is 2.18. The lowest BCUT2D eigenvalue weighted by molar-refractivity contribution is 0.0597. The summed E-state index contributed by atoms with van der Waals surface area (Å²) in [4.78, 5) is 15.7. The minimum Gasteiger partial charge on any atom is -0.507 e. The van der Waals surface area contributed by atoms with Crippen LogP contribution >= 0.6 is 0 Å². The third kappa shape index (κ3) is 4.15. The fraction of sp³-hybridized carbons (Fsp3) is 0.100. The van der Waals surface area contributed by atoms with Crippen LogP contribution in [-0.4, -0.2) is 31.6 Å². The summed E-state index contributed by atoms with van der Waals surface area (Å²) in [5.41, 5.74) is 1.98. The molecule has 3 rings (SSSR count). The van der Waals surface area contributed by atoms with E-state index in [9.17, 15) is 18.3 Å². The van der Waals surface area contributed by atoms with E-state index in [1.54, 1.807) is 36.7 Å². The van der Waals surface area contributed by atoms with E-state index < -0.39 is 15.8 Å². The van der Waals surface area contributed by atoms with Crippen molar-refractivity contribution >= 4 is 15.8 Å². The van der Waals surface area contributed by atoms with E-state index in [0.717, 1.165) is 11.1 Å². The number of sulfone groups is 1. The molecule has 0 unspecified atom stereocenters. The van der Waals surface area contributed by atoms with Crippen LogP contribution < -0.4 is 0 Å². The van der Waals surface area contributed by atoms with E-state index in [-0.39, 0.29) is 22.0 Å². The number of carbonyl (C=O) groups is 1. The molecule has 0 bridgehead atoms. The molecule has 0 aliphatic carbocycles. The summed E-state index contributed by atoms with van der Waals surface area (Å²) in [6, 6.07) is 14.3. The SMILES string of the molecule is COC(=O)c1ccc(CS(=O)(=O)c2cccc(-c3ccncc3)c2)cc1O. The van der Waals surface area contributed by atoms with Gasteiger partial charge in [0.05, 0.1) is 17.8 Å². The number of phenolic OH excluding ortho intramolecular Hbond substituents is 1. The molecule has 3 aromatic rings. The van der Waals surface area contributed by atoms with Crippen molar-refractivity contribution in [1.29, 1.82) is 0 Å². The third-order valence-corrected chi connectivity index (χ3v) is 5.72. The van der Waals surface area contributed by atoms with Gasteiger partial charge in [-0.3, -0.25) is 4.98 Å². The van der Waals surface area contributed by atoms with Crippen molar-refractivity contribution in [1.82, 2.24) is 4.98 Å². The summed E-state index contributed by atoms with van der Waals surface area (Å²) in [5.74, 6) is -1.31. The molecule has 1 N–H and O–H groups in total. The molecule has 27 heavy (non-hydrogen) atoms. The molecule has 7 heteroatoms. The molecule has 2 aromatic carbocycles. The number of carbonyl (C=O) groups excluding carboxylic acids is 1. The fourth-order valence-corrected chi connectivity index (χ4v) is 4.04. The van der Waals surface area contributed by atoms with Gasteiger partial charge >= 0.3 is 5.97 Å². The average Bonchev–Trinajstić information content (AvgIpc) is 2.68. The Hall–Kier alpha value is -3.19. The van der Waals surface area contributed by atoms with Crippen LogP contribution in [0.1, 0.15) is 15.9 Å². The highest BCUT2D eigenvalue weighted by molar-refractivity contribution is 7.90. The Morgan fingerprint density at radius 3 is 2.44 bits per heavy atom. The molecule has 0 aliphatic heterocycles. The Morgan fingerprint density at radius 1 is 1.04 bits per heavy atom. The summed E-state index contributed by atoms with van der Waals surface area (Å²) in [5, 5.41) is 9.95. The minimum atomic E-state index is -3.64. The highest BCUT2D eigenvalue weighted by Crippen LogP contribution is 2.26. The predicted octanol–water partition coefficient (Wildman–Crippen LogP) is 3.21. The second-order valence-corrected chi connectivity index (χ2v) is 7.86. The molecule has 0 radical (unpaired) electrons. The number of hydrogen-bond donors (Lipinski definition) is 1. The zero-order chi connectivity index (χ0) is 19.4. The average molecular weight is 383 g/mol. The molecule has 6 nitrogen and oxygen atoms in total. The standard InChI is InChI=1S/C20H17NO5S/c1-26-20(23)18-6-5-14(11-19(18)22)13-27(24,25)17-4-2-3-16(12-17)15-7-9-21-10-8-15/h2-12,22H,13H2,1H3. The van der Waals surface area contributed by atoms with Crippen LogP contribution in [-0.2, 0) is 20.3 Å². The normalized spacial score (nSPS) is 11.1. The Labute approximate surface area is 157 Å². The molecule has 0 spiro atoms. The molecule has 0 amide bonds. The van der Waals surface area contributed by atoms with E-state index in [1.807, 2.05) is 6.07 Å². The van der Waals surface area contributed by atoms with Gasteiger partial charge in [0.1, 0.15) is 11.3 Å². The predicted molar refractivity (Wildman–Crippen MR) is 100 cm³/mol. The van der Waals surface area contributed by atoms with E-state index in [0.29, 0.717) is 5.56 Å². The second kappa shape index (κ2) is 7.59. The van der Waals surface area contributed by atoms with Gasteiger partial charge in [-0.25, -0.2) is 13.2 Å². The summed E-state index contributed by atoms with van der Waals surface area (Å²) in [6.07, 6.45) is 3.28. The molecule has 0 saturated carbocycles. The summed E-state index contributed by atoms with van der Waals surface area (Å²) in [6.45, 7) is 0. The molecule has 0 saturated heterocycles. The van der Waals surface area contributed by atoms with Crippen molar-refractivity contribution in [2.45, 2.75) is 10.6 Å². The van der Waals surface area contributed by atoms with Gasteiger partial charge in [-0.05, 0) is 53.1 Å². The fourth-order valence-electron chi connectivity index (χ4n) is 2.67. The van der Waals surface area contributed by atoms with Crippen LogP contribution in [0.3, 0.4) is 0 Å². The number of aromatic hydroxyl groups is 1. The van der Waals surface area contributed by atoms with Gasteiger partial charge in [0.25, 0.3) is 0 Å². The molecular weight excluding hydrogens is 366 g/mol. The van der Waals surface area contributed by atoms with Crippen molar-refractivity contribution in [3.8, 4) is 16.9 Å². The first-order valence-corrected chi connectivity index (χ1v) is 9.69. The number of rotatable bonds is 5. The molecule has 1 aromatic heterocycles. The van der Waals surface area contributed by atoms with Crippen LogP contribution in [0.25, 0.3) is 11.1 Å². The van der Waals surface area contributed by atoms with E-state index in [1.165, 1.54) is 31.4 Å². The first kappa shape index (κ1) is 18.6. The first-order valence-electron chi connectivity index (χ1n) is 8.04.